The maximum atomic E-state index is 4.75. The predicted molar refractivity (Wildman–Crippen MR) is 88.6 cm³/mol. The van der Waals surface area contributed by atoms with E-state index in [9.17, 15) is 0 Å². The van der Waals surface area contributed by atoms with Crippen molar-refractivity contribution in [3.63, 3.8) is 0 Å². The van der Waals surface area contributed by atoms with E-state index in [1.807, 2.05) is 6.07 Å². The molecule has 3 rings (SSSR count). The molecule has 2 aromatic carbocycles. The van der Waals surface area contributed by atoms with Crippen LogP contribution < -0.4 is 5.32 Å². The highest BCUT2D eigenvalue weighted by Crippen LogP contribution is 2.20. The quantitative estimate of drug-likeness (QED) is 0.772. The number of fused-ring (bicyclic) bond motifs is 1. The average molecular weight is 279 g/mol. The highest BCUT2D eigenvalue weighted by atomic mass is 15.1. The van der Waals surface area contributed by atoms with Crippen LogP contribution in [0.2, 0.25) is 0 Å². The number of imidazole rings is 1. The molecule has 3 nitrogen and oxygen atoms in total. The molecule has 108 valence electrons. The van der Waals surface area contributed by atoms with E-state index in [4.69, 9.17) is 4.98 Å². The third-order valence-electron chi connectivity index (χ3n) is 3.88. The van der Waals surface area contributed by atoms with E-state index in [2.05, 4.69) is 67.1 Å². The lowest BCUT2D eigenvalue weighted by atomic mass is 10.1. The van der Waals surface area contributed by atoms with Gasteiger partial charge in [-0.2, -0.15) is 0 Å². The summed E-state index contributed by atoms with van der Waals surface area (Å²) in [6.07, 6.45) is 0. The zero-order valence-corrected chi connectivity index (χ0v) is 12.9. The van der Waals surface area contributed by atoms with Crippen molar-refractivity contribution in [2.45, 2.75) is 33.9 Å². The Hall–Kier alpha value is -2.29. The molecular weight excluding hydrogens is 258 g/mol. The molecule has 0 spiro atoms. The van der Waals surface area contributed by atoms with Crippen LogP contribution >= 0.6 is 0 Å². The smallest absolute Gasteiger partial charge is 0.129 e. The van der Waals surface area contributed by atoms with Crippen molar-refractivity contribution >= 4 is 16.7 Å². The van der Waals surface area contributed by atoms with E-state index < -0.39 is 0 Å². The minimum absolute atomic E-state index is 0.743. The normalized spacial score (nSPS) is 11.0. The second-order valence-electron chi connectivity index (χ2n) is 5.43. The first-order chi connectivity index (χ1) is 10.2. The monoisotopic (exact) mass is 279 g/mol. The molecule has 0 aliphatic rings. The number of nitrogens with zero attached hydrogens (tertiary/aromatic N) is 2. The van der Waals surface area contributed by atoms with E-state index in [1.165, 1.54) is 22.3 Å². The number of hydrogen-bond acceptors (Lipinski definition) is 2. The zero-order chi connectivity index (χ0) is 14.8. The van der Waals surface area contributed by atoms with Gasteiger partial charge in [-0.3, -0.25) is 0 Å². The Bertz CT molecular complexity index is 771. The van der Waals surface area contributed by atoms with Crippen molar-refractivity contribution in [2.24, 2.45) is 0 Å². The minimum Gasteiger partial charge on any atom is -0.378 e. The summed E-state index contributed by atoms with van der Waals surface area (Å²) >= 11 is 0. The standard InChI is InChI=1S/C18H21N3/c1-4-21-17-8-6-5-7-15(17)20-18(21)12-19-16-11-13(2)9-10-14(16)3/h5-11,19H,4,12H2,1-3H3. The summed E-state index contributed by atoms with van der Waals surface area (Å²) in [5.41, 5.74) is 5.99. The van der Waals surface area contributed by atoms with Crippen LogP contribution in [0.3, 0.4) is 0 Å². The number of aryl methyl sites for hydroxylation is 3. The van der Waals surface area contributed by atoms with Crippen molar-refractivity contribution in [3.8, 4) is 0 Å². The number of aromatic nitrogens is 2. The summed E-state index contributed by atoms with van der Waals surface area (Å²) in [5.74, 6) is 1.08. The molecule has 0 saturated heterocycles. The van der Waals surface area contributed by atoms with Crippen LogP contribution in [0.4, 0.5) is 5.69 Å². The molecule has 1 N–H and O–H groups in total. The molecule has 0 atom stereocenters. The number of hydrogen-bond donors (Lipinski definition) is 1. The first-order valence-corrected chi connectivity index (χ1v) is 7.44. The summed E-state index contributed by atoms with van der Waals surface area (Å²) in [6.45, 7) is 8.09. The van der Waals surface area contributed by atoms with Crippen LogP contribution in [0, 0.1) is 13.8 Å². The van der Waals surface area contributed by atoms with Crippen molar-refractivity contribution < 1.29 is 0 Å². The molecule has 21 heavy (non-hydrogen) atoms. The SMILES string of the molecule is CCn1c(CNc2cc(C)ccc2C)nc2ccccc21. The molecule has 0 fully saturated rings. The Kier molecular flexibility index (Phi) is 3.65. The second-order valence-corrected chi connectivity index (χ2v) is 5.43. The van der Waals surface area contributed by atoms with Gasteiger partial charge in [0.2, 0.25) is 0 Å². The lowest BCUT2D eigenvalue weighted by Crippen LogP contribution is -2.08. The van der Waals surface area contributed by atoms with Gasteiger partial charge in [-0.1, -0.05) is 24.3 Å². The Labute approximate surface area is 125 Å². The fourth-order valence-electron chi connectivity index (χ4n) is 2.71. The van der Waals surface area contributed by atoms with Gasteiger partial charge < -0.3 is 9.88 Å². The van der Waals surface area contributed by atoms with Crippen LogP contribution in [0.1, 0.15) is 23.9 Å². The van der Waals surface area contributed by atoms with Crippen molar-refractivity contribution in [1.82, 2.24) is 9.55 Å². The molecule has 0 amide bonds. The van der Waals surface area contributed by atoms with Crippen molar-refractivity contribution in [1.29, 1.82) is 0 Å². The van der Waals surface area contributed by atoms with Gasteiger partial charge in [0.05, 0.1) is 17.6 Å². The summed E-state index contributed by atoms with van der Waals surface area (Å²) in [7, 11) is 0. The minimum atomic E-state index is 0.743. The fraction of sp³-hybridized carbons (Fsp3) is 0.278. The second kappa shape index (κ2) is 5.60. The topological polar surface area (TPSA) is 29.9 Å². The van der Waals surface area contributed by atoms with Gasteiger partial charge in [0, 0.05) is 12.2 Å². The Morgan fingerprint density at radius 2 is 1.90 bits per heavy atom. The first-order valence-electron chi connectivity index (χ1n) is 7.44. The number of rotatable bonds is 4. The van der Waals surface area contributed by atoms with E-state index in [0.29, 0.717) is 0 Å². The van der Waals surface area contributed by atoms with Gasteiger partial charge in [-0.05, 0) is 50.1 Å². The highest BCUT2D eigenvalue weighted by molar-refractivity contribution is 5.76. The first kappa shape index (κ1) is 13.7. The molecule has 0 aliphatic heterocycles. The number of anilines is 1. The molecule has 0 radical (unpaired) electrons. The fourth-order valence-corrected chi connectivity index (χ4v) is 2.71. The molecule has 3 heteroatoms. The van der Waals surface area contributed by atoms with Crippen LogP contribution in [-0.4, -0.2) is 9.55 Å². The van der Waals surface area contributed by atoms with Gasteiger partial charge >= 0.3 is 0 Å². The number of benzene rings is 2. The maximum absolute atomic E-state index is 4.75. The summed E-state index contributed by atoms with van der Waals surface area (Å²) in [6, 6.07) is 14.8. The Morgan fingerprint density at radius 3 is 2.71 bits per heavy atom. The maximum Gasteiger partial charge on any atom is 0.129 e. The molecule has 0 unspecified atom stereocenters. The van der Waals surface area contributed by atoms with Crippen LogP contribution in [0.5, 0.6) is 0 Å². The molecule has 1 aromatic heterocycles. The molecule has 0 saturated carbocycles. The highest BCUT2D eigenvalue weighted by Gasteiger charge is 2.09. The average Bonchev–Trinajstić information content (AvgIpc) is 2.85. The van der Waals surface area contributed by atoms with Gasteiger partial charge in [-0.15, -0.1) is 0 Å². The molecule has 1 heterocycles. The Balaban J connectivity index is 1.89. The van der Waals surface area contributed by atoms with Gasteiger partial charge in [0.25, 0.3) is 0 Å². The van der Waals surface area contributed by atoms with Crippen molar-refractivity contribution in [3.05, 3.63) is 59.4 Å². The molecule has 0 bridgehead atoms. The third-order valence-corrected chi connectivity index (χ3v) is 3.88. The predicted octanol–water partition coefficient (Wildman–Crippen LogP) is 4.29. The lowest BCUT2D eigenvalue weighted by Gasteiger charge is -2.11. The van der Waals surface area contributed by atoms with Crippen LogP contribution in [0.15, 0.2) is 42.5 Å². The number of para-hydroxylation sites is 2. The summed E-state index contributed by atoms with van der Waals surface area (Å²) in [5, 5.41) is 3.52. The number of nitrogens with one attached hydrogen (secondary N) is 1. The van der Waals surface area contributed by atoms with Gasteiger partial charge in [0.15, 0.2) is 0 Å². The van der Waals surface area contributed by atoms with Crippen molar-refractivity contribution in [2.75, 3.05) is 5.32 Å². The zero-order valence-electron chi connectivity index (χ0n) is 12.9. The van der Waals surface area contributed by atoms with E-state index in [0.717, 1.165) is 24.4 Å². The largest absolute Gasteiger partial charge is 0.378 e. The molecule has 3 aromatic rings. The summed E-state index contributed by atoms with van der Waals surface area (Å²) in [4.78, 5) is 4.75. The van der Waals surface area contributed by atoms with Crippen LogP contribution in [0.25, 0.3) is 11.0 Å². The third kappa shape index (κ3) is 2.64. The Morgan fingerprint density at radius 1 is 1.10 bits per heavy atom. The van der Waals surface area contributed by atoms with E-state index in [1.54, 1.807) is 0 Å². The van der Waals surface area contributed by atoms with Crippen LogP contribution in [-0.2, 0) is 13.1 Å². The summed E-state index contributed by atoms with van der Waals surface area (Å²) < 4.78 is 2.27. The lowest BCUT2D eigenvalue weighted by molar-refractivity contribution is 0.728. The van der Waals surface area contributed by atoms with E-state index in [-0.39, 0.29) is 0 Å². The van der Waals surface area contributed by atoms with Gasteiger partial charge in [-0.25, -0.2) is 4.98 Å². The van der Waals surface area contributed by atoms with E-state index >= 15 is 0 Å². The van der Waals surface area contributed by atoms with Gasteiger partial charge in [0.1, 0.15) is 5.82 Å². The molecular formula is C18H21N3. The molecule has 0 aliphatic carbocycles.